The molecule has 0 saturated carbocycles. The highest BCUT2D eigenvalue weighted by Gasteiger charge is 2.08. The van der Waals surface area contributed by atoms with Crippen molar-refractivity contribution in [3.05, 3.63) is 45.8 Å². The Bertz CT molecular complexity index is 760. The van der Waals surface area contributed by atoms with E-state index >= 15 is 0 Å². The summed E-state index contributed by atoms with van der Waals surface area (Å²) in [4.78, 5) is 23.4. The minimum Gasteiger partial charge on any atom is -0.357 e. The first kappa shape index (κ1) is 24.4. The monoisotopic (exact) mass is 515 g/mol. The first-order chi connectivity index (χ1) is 13.0. The molecule has 0 aliphatic rings. The summed E-state index contributed by atoms with van der Waals surface area (Å²) in [6, 6.07) is 8.30. The third kappa shape index (κ3) is 9.01. The molecule has 0 radical (unpaired) electrons. The number of aryl methyl sites for hydroxylation is 2. The molecule has 0 aromatic carbocycles. The Kier molecular flexibility index (Phi) is 11.1. The molecule has 1 atom stereocenters. The van der Waals surface area contributed by atoms with Crippen LogP contribution in [0.5, 0.6) is 0 Å². The highest BCUT2D eigenvalue weighted by molar-refractivity contribution is 14.0. The van der Waals surface area contributed by atoms with Crippen LogP contribution in [0, 0.1) is 13.8 Å². The number of amides is 1. The van der Waals surface area contributed by atoms with Gasteiger partial charge in [0.05, 0.1) is 6.54 Å². The van der Waals surface area contributed by atoms with Crippen molar-refractivity contribution >= 4 is 53.0 Å². The zero-order valence-electron chi connectivity index (χ0n) is 16.9. The minimum atomic E-state index is -0.0898. The zero-order chi connectivity index (χ0) is 19.6. The van der Waals surface area contributed by atoms with Crippen LogP contribution in [-0.2, 0) is 11.2 Å². The molecule has 8 heteroatoms. The molecule has 2 aromatic heterocycles. The van der Waals surface area contributed by atoms with Gasteiger partial charge in [-0.05, 0) is 51.5 Å². The summed E-state index contributed by atoms with van der Waals surface area (Å²) in [5, 5.41) is 9.43. The highest BCUT2D eigenvalue weighted by Crippen LogP contribution is 2.16. The molecule has 2 heterocycles. The second-order valence-electron chi connectivity index (χ2n) is 6.54. The lowest BCUT2D eigenvalue weighted by Gasteiger charge is -2.17. The Balaban J connectivity index is 0.00000392. The van der Waals surface area contributed by atoms with Gasteiger partial charge in [-0.1, -0.05) is 6.07 Å². The van der Waals surface area contributed by atoms with Crippen LogP contribution < -0.4 is 16.0 Å². The van der Waals surface area contributed by atoms with E-state index in [1.165, 1.54) is 9.75 Å². The predicted octanol–water partition coefficient (Wildman–Crippen LogP) is 3.89. The topological polar surface area (TPSA) is 78.4 Å². The number of nitrogens with one attached hydrogen (secondary N) is 3. The molecule has 0 fully saturated rings. The van der Waals surface area contributed by atoms with Gasteiger partial charge >= 0.3 is 0 Å². The van der Waals surface area contributed by atoms with Crippen LogP contribution in [0.15, 0.2) is 35.5 Å². The second kappa shape index (κ2) is 12.7. The standard InChI is InChI=1S/C20H29N5OS.HI/c1-5-21-20(24-15(3)12-17-8-7-16(4)27-17)22-11-10-19(26)25-18-9-6-14(2)13-23-18;/h6-9,13,15H,5,10-12H2,1-4H3,(H2,21,22,24)(H,23,25,26);1H. The lowest BCUT2D eigenvalue weighted by Crippen LogP contribution is -2.43. The van der Waals surface area contributed by atoms with Gasteiger partial charge in [0, 0.05) is 41.4 Å². The largest absolute Gasteiger partial charge is 0.357 e. The van der Waals surface area contributed by atoms with Gasteiger partial charge in [0.2, 0.25) is 5.91 Å². The van der Waals surface area contributed by atoms with E-state index in [-0.39, 0.29) is 35.9 Å². The van der Waals surface area contributed by atoms with Crippen LogP contribution in [0.4, 0.5) is 5.82 Å². The van der Waals surface area contributed by atoms with Crippen LogP contribution in [0.1, 0.15) is 35.6 Å². The summed E-state index contributed by atoms with van der Waals surface area (Å²) in [5.74, 6) is 1.21. The fraction of sp³-hybridized carbons (Fsp3) is 0.450. The van der Waals surface area contributed by atoms with Gasteiger partial charge in [0.25, 0.3) is 0 Å². The third-order valence-corrected chi connectivity index (χ3v) is 4.84. The number of carbonyl (C=O) groups is 1. The molecule has 3 N–H and O–H groups in total. The maximum absolute atomic E-state index is 12.0. The van der Waals surface area contributed by atoms with E-state index in [4.69, 9.17) is 0 Å². The second-order valence-corrected chi connectivity index (χ2v) is 7.91. The first-order valence-corrected chi connectivity index (χ1v) is 10.1. The van der Waals surface area contributed by atoms with Crippen molar-refractivity contribution in [2.75, 3.05) is 18.4 Å². The van der Waals surface area contributed by atoms with Crippen molar-refractivity contribution in [3.63, 3.8) is 0 Å². The van der Waals surface area contributed by atoms with Crippen LogP contribution >= 0.6 is 35.3 Å². The summed E-state index contributed by atoms with van der Waals surface area (Å²) in [5.41, 5.74) is 1.06. The van der Waals surface area contributed by atoms with Gasteiger partial charge in [-0.15, -0.1) is 35.3 Å². The summed E-state index contributed by atoms with van der Waals surface area (Å²) in [6.45, 7) is 9.43. The smallest absolute Gasteiger partial charge is 0.227 e. The van der Waals surface area contributed by atoms with E-state index in [1.54, 1.807) is 12.3 Å². The number of rotatable bonds is 8. The number of hydrogen-bond acceptors (Lipinski definition) is 4. The maximum atomic E-state index is 12.0. The number of pyridine rings is 1. The normalized spacial score (nSPS) is 12.1. The number of thiophene rings is 1. The van der Waals surface area contributed by atoms with Crippen molar-refractivity contribution in [1.82, 2.24) is 15.6 Å². The molecular weight excluding hydrogens is 485 g/mol. The fourth-order valence-electron chi connectivity index (χ4n) is 2.52. The summed E-state index contributed by atoms with van der Waals surface area (Å²) in [7, 11) is 0. The number of guanidine groups is 1. The van der Waals surface area contributed by atoms with Gasteiger partial charge in [-0.3, -0.25) is 9.79 Å². The van der Waals surface area contributed by atoms with E-state index in [1.807, 2.05) is 31.3 Å². The van der Waals surface area contributed by atoms with E-state index in [9.17, 15) is 4.79 Å². The molecule has 2 rings (SSSR count). The SMILES string of the molecule is CCNC(=NCCC(=O)Nc1ccc(C)cn1)NC(C)Cc1ccc(C)s1.I. The van der Waals surface area contributed by atoms with Crippen molar-refractivity contribution in [1.29, 1.82) is 0 Å². The number of nitrogens with zero attached hydrogens (tertiary/aromatic N) is 2. The Morgan fingerprint density at radius 3 is 2.64 bits per heavy atom. The molecule has 28 heavy (non-hydrogen) atoms. The number of anilines is 1. The Labute approximate surface area is 188 Å². The molecule has 6 nitrogen and oxygen atoms in total. The third-order valence-electron chi connectivity index (χ3n) is 3.82. The van der Waals surface area contributed by atoms with E-state index in [0.717, 1.165) is 24.5 Å². The number of aliphatic imine (C=N–C) groups is 1. The highest BCUT2D eigenvalue weighted by atomic mass is 127. The van der Waals surface area contributed by atoms with Crippen molar-refractivity contribution in [2.45, 2.75) is 46.6 Å². The maximum Gasteiger partial charge on any atom is 0.227 e. The Morgan fingerprint density at radius 2 is 2.04 bits per heavy atom. The van der Waals surface area contributed by atoms with E-state index in [2.05, 4.69) is 51.9 Å². The van der Waals surface area contributed by atoms with E-state index in [0.29, 0.717) is 18.8 Å². The molecule has 0 aliphatic heterocycles. The Morgan fingerprint density at radius 1 is 1.25 bits per heavy atom. The van der Waals surface area contributed by atoms with Crippen LogP contribution in [-0.4, -0.2) is 36.0 Å². The molecule has 1 amide bonds. The summed E-state index contributed by atoms with van der Waals surface area (Å²) < 4.78 is 0. The number of halogens is 1. The molecule has 0 aliphatic carbocycles. The number of aromatic nitrogens is 1. The lowest BCUT2D eigenvalue weighted by molar-refractivity contribution is -0.116. The van der Waals surface area contributed by atoms with Gasteiger partial charge in [0.15, 0.2) is 5.96 Å². The van der Waals surface area contributed by atoms with Gasteiger partial charge in [0.1, 0.15) is 5.82 Å². The van der Waals surface area contributed by atoms with E-state index < -0.39 is 0 Å². The Hall–Kier alpha value is -1.68. The molecule has 2 aromatic rings. The minimum absolute atomic E-state index is 0. The van der Waals surface area contributed by atoms with Crippen molar-refractivity contribution < 1.29 is 4.79 Å². The molecule has 154 valence electrons. The van der Waals surface area contributed by atoms with Crippen molar-refractivity contribution in [2.24, 2.45) is 4.99 Å². The number of carbonyl (C=O) groups excluding carboxylic acids is 1. The van der Waals surface area contributed by atoms with Gasteiger partial charge in [-0.25, -0.2) is 4.98 Å². The average molecular weight is 515 g/mol. The molecule has 0 bridgehead atoms. The lowest BCUT2D eigenvalue weighted by atomic mass is 10.2. The summed E-state index contributed by atoms with van der Waals surface area (Å²) in [6.07, 6.45) is 2.99. The summed E-state index contributed by atoms with van der Waals surface area (Å²) >= 11 is 1.82. The van der Waals surface area contributed by atoms with Gasteiger partial charge < -0.3 is 16.0 Å². The van der Waals surface area contributed by atoms with Crippen LogP contribution in [0.2, 0.25) is 0 Å². The quantitative estimate of drug-likeness (QED) is 0.283. The van der Waals surface area contributed by atoms with Crippen LogP contribution in [0.3, 0.4) is 0 Å². The number of hydrogen-bond donors (Lipinski definition) is 3. The zero-order valence-corrected chi connectivity index (χ0v) is 20.1. The molecule has 0 saturated heterocycles. The van der Waals surface area contributed by atoms with Gasteiger partial charge in [-0.2, -0.15) is 0 Å². The van der Waals surface area contributed by atoms with Crippen molar-refractivity contribution in [3.8, 4) is 0 Å². The molecular formula is C20H30IN5OS. The first-order valence-electron chi connectivity index (χ1n) is 9.29. The average Bonchev–Trinajstić information content (AvgIpc) is 3.01. The fourth-order valence-corrected chi connectivity index (χ4v) is 3.54. The molecule has 0 spiro atoms. The predicted molar refractivity (Wildman–Crippen MR) is 129 cm³/mol. The van der Waals surface area contributed by atoms with Crippen LogP contribution in [0.25, 0.3) is 0 Å². The molecule has 1 unspecified atom stereocenters.